The van der Waals surface area contributed by atoms with Crippen LogP contribution in [-0.2, 0) is 0 Å². The molecular formula is C35H21N3O. The molecule has 0 saturated carbocycles. The lowest BCUT2D eigenvalue weighted by atomic mass is 9.97. The number of hydrogen-bond donors (Lipinski definition) is 0. The van der Waals surface area contributed by atoms with Crippen LogP contribution in [0.15, 0.2) is 132 Å². The molecule has 0 spiro atoms. The van der Waals surface area contributed by atoms with Gasteiger partial charge in [0.05, 0.1) is 16.7 Å². The van der Waals surface area contributed by atoms with Gasteiger partial charge in [0.15, 0.2) is 5.82 Å². The van der Waals surface area contributed by atoms with E-state index in [4.69, 9.17) is 19.4 Å². The SMILES string of the molecule is c1ccc(-c2nc(-c3cc(-c4ccc5c(c4)oc4ccccc45)c4ccccc4n3)c3ccccc3n2)cc1. The second-order valence-electron chi connectivity index (χ2n) is 9.66. The van der Waals surface area contributed by atoms with Gasteiger partial charge in [0.1, 0.15) is 16.9 Å². The lowest BCUT2D eigenvalue weighted by Gasteiger charge is -2.13. The first-order valence-corrected chi connectivity index (χ1v) is 13.0. The molecule has 0 radical (unpaired) electrons. The largest absolute Gasteiger partial charge is 0.456 e. The molecule has 3 heterocycles. The smallest absolute Gasteiger partial charge is 0.160 e. The summed E-state index contributed by atoms with van der Waals surface area (Å²) in [5, 5.41) is 4.29. The Bertz CT molecular complexity index is 2180. The minimum atomic E-state index is 0.685. The van der Waals surface area contributed by atoms with E-state index in [0.29, 0.717) is 5.82 Å². The number of fused-ring (bicyclic) bond motifs is 5. The molecule has 0 unspecified atom stereocenters. The van der Waals surface area contributed by atoms with Gasteiger partial charge in [0.2, 0.25) is 0 Å². The van der Waals surface area contributed by atoms with Crippen molar-refractivity contribution in [2.45, 2.75) is 0 Å². The van der Waals surface area contributed by atoms with Crippen molar-refractivity contribution in [3.63, 3.8) is 0 Å². The standard InChI is InChI=1S/C35H21N3O/c1-2-10-22(11-3-1)35-37-30-16-8-5-14-27(30)34(38-35)31-21-28(24-12-4-7-15-29(24)36-31)23-18-19-26-25-13-6-9-17-32(25)39-33(26)20-23/h1-21H. The molecule has 0 aliphatic heterocycles. The summed E-state index contributed by atoms with van der Waals surface area (Å²) in [6, 6.07) is 43.3. The molecular weight excluding hydrogens is 478 g/mol. The predicted octanol–water partition coefficient (Wildman–Crippen LogP) is 9.08. The summed E-state index contributed by atoms with van der Waals surface area (Å²) in [6.45, 7) is 0. The molecule has 39 heavy (non-hydrogen) atoms. The molecule has 4 nitrogen and oxygen atoms in total. The number of hydrogen-bond acceptors (Lipinski definition) is 4. The maximum absolute atomic E-state index is 6.23. The van der Waals surface area contributed by atoms with Crippen molar-refractivity contribution in [1.29, 1.82) is 0 Å². The zero-order chi connectivity index (χ0) is 25.8. The molecule has 0 atom stereocenters. The minimum Gasteiger partial charge on any atom is -0.456 e. The Labute approximate surface area is 224 Å². The maximum atomic E-state index is 6.23. The van der Waals surface area contributed by atoms with Gasteiger partial charge in [-0.3, -0.25) is 0 Å². The van der Waals surface area contributed by atoms with E-state index in [9.17, 15) is 0 Å². The first kappa shape index (κ1) is 21.7. The van der Waals surface area contributed by atoms with Crippen LogP contribution in [0, 0.1) is 0 Å². The topological polar surface area (TPSA) is 51.8 Å². The molecule has 4 heteroatoms. The highest BCUT2D eigenvalue weighted by Gasteiger charge is 2.16. The highest BCUT2D eigenvalue weighted by Crippen LogP contribution is 2.37. The van der Waals surface area contributed by atoms with Crippen molar-refractivity contribution < 1.29 is 4.42 Å². The lowest BCUT2D eigenvalue weighted by Crippen LogP contribution is -1.97. The molecule has 0 saturated heterocycles. The third-order valence-corrected chi connectivity index (χ3v) is 7.28. The van der Waals surface area contributed by atoms with Crippen LogP contribution in [0.4, 0.5) is 0 Å². The number of pyridine rings is 1. The van der Waals surface area contributed by atoms with Crippen molar-refractivity contribution in [3.8, 4) is 33.9 Å². The van der Waals surface area contributed by atoms with Gasteiger partial charge in [0.25, 0.3) is 0 Å². The Balaban J connectivity index is 1.39. The van der Waals surface area contributed by atoms with Crippen molar-refractivity contribution in [2.75, 3.05) is 0 Å². The molecule has 8 aromatic rings. The Morgan fingerprint density at radius 2 is 1.10 bits per heavy atom. The number of para-hydroxylation sites is 3. The van der Waals surface area contributed by atoms with Crippen LogP contribution in [0.25, 0.3) is 77.6 Å². The lowest BCUT2D eigenvalue weighted by molar-refractivity contribution is 0.669. The Hall–Kier alpha value is -5.35. The number of aromatic nitrogens is 3. The minimum absolute atomic E-state index is 0.685. The van der Waals surface area contributed by atoms with Crippen LogP contribution in [0.1, 0.15) is 0 Å². The summed E-state index contributed by atoms with van der Waals surface area (Å²) < 4.78 is 6.23. The summed E-state index contributed by atoms with van der Waals surface area (Å²) in [4.78, 5) is 15.0. The summed E-state index contributed by atoms with van der Waals surface area (Å²) in [5.74, 6) is 0.685. The normalized spacial score (nSPS) is 11.6. The fourth-order valence-electron chi connectivity index (χ4n) is 5.42. The second kappa shape index (κ2) is 8.61. The van der Waals surface area contributed by atoms with Gasteiger partial charge >= 0.3 is 0 Å². The van der Waals surface area contributed by atoms with E-state index in [1.54, 1.807) is 0 Å². The van der Waals surface area contributed by atoms with E-state index in [1.165, 1.54) is 0 Å². The predicted molar refractivity (Wildman–Crippen MR) is 158 cm³/mol. The van der Waals surface area contributed by atoms with E-state index in [0.717, 1.165) is 71.8 Å². The zero-order valence-electron chi connectivity index (χ0n) is 20.9. The van der Waals surface area contributed by atoms with Crippen molar-refractivity contribution in [1.82, 2.24) is 15.0 Å². The summed E-state index contributed by atoms with van der Waals surface area (Å²) in [7, 11) is 0. The maximum Gasteiger partial charge on any atom is 0.160 e. The number of furan rings is 1. The highest BCUT2D eigenvalue weighted by atomic mass is 16.3. The average Bonchev–Trinajstić information content (AvgIpc) is 3.38. The van der Waals surface area contributed by atoms with E-state index in [1.807, 2.05) is 72.8 Å². The van der Waals surface area contributed by atoms with Gasteiger partial charge < -0.3 is 4.42 Å². The van der Waals surface area contributed by atoms with Crippen LogP contribution < -0.4 is 0 Å². The fraction of sp³-hybridized carbons (Fsp3) is 0. The monoisotopic (exact) mass is 499 g/mol. The molecule has 0 fully saturated rings. The molecule has 5 aromatic carbocycles. The average molecular weight is 500 g/mol. The third kappa shape index (κ3) is 3.57. The summed E-state index contributed by atoms with van der Waals surface area (Å²) >= 11 is 0. The van der Waals surface area contributed by atoms with E-state index in [-0.39, 0.29) is 0 Å². The quantitative estimate of drug-likeness (QED) is 0.243. The van der Waals surface area contributed by atoms with Crippen LogP contribution in [-0.4, -0.2) is 15.0 Å². The van der Waals surface area contributed by atoms with Crippen molar-refractivity contribution in [3.05, 3.63) is 127 Å². The first-order chi connectivity index (χ1) is 19.3. The molecule has 8 rings (SSSR count). The van der Waals surface area contributed by atoms with Crippen LogP contribution in [0.5, 0.6) is 0 Å². The molecule has 0 aliphatic carbocycles. The van der Waals surface area contributed by atoms with Crippen molar-refractivity contribution >= 4 is 43.7 Å². The number of benzene rings is 5. The molecule has 0 aliphatic rings. The number of rotatable bonds is 3. The van der Waals surface area contributed by atoms with Crippen molar-refractivity contribution in [2.24, 2.45) is 0 Å². The molecule has 3 aromatic heterocycles. The van der Waals surface area contributed by atoms with Gasteiger partial charge in [-0.05, 0) is 47.5 Å². The third-order valence-electron chi connectivity index (χ3n) is 7.28. The van der Waals surface area contributed by atoms with Gasteiger partial charge in [-0.2, -0.15) is 0 Å². The van der Waals surface area contributed by atoms with E-state index >= 15 is 0 Å². The van der Waals surface area contributed by atoms with Crippen LogP contribution in [0.2, 0.25) is 0 Å². The molecule has 0 bridgehead atoms. The summed E-state index contributed by atoms with van der Waals surface area (Å²) in [5.41, 5.74) is 8.33. The van der Waals surface area contributed by atoms with E-state index < -0.39 is 0 Å². The van der Waals surface area contributed by atoms with Crippen LogP contribution >= 0.6 is 0 Å². The Morgan fingerprint density at radius 3 is 1.95 bits per heavy atom. The van der Waals surface area contributed by atoms with Gasteiger partial charge in [0, 0.05) is 27.1 Å². The van der Waals surface area contributed by atoms with Gasteiger partial charge in [-0.1, -0.05) is 91.0 Å². The summed E-state index contributed by atoms with van der Waals surface area (Å²) in [6.07, 6.45) is 0. The molecule has 182 valence electrons. The molecule has 0 amide bonds. The first-order valence-electron chi connectivity index (χ1n) is 13.0. The van der Waals surface area contributed by atoms with Gasteiger partial charge in [-0.25, -0.2) is 15.0 Å². The van der Waals surface area contributed by atoms with Gasteiger partial charge in [-0.15, -0.1) is 0 Å². The van der Waals surface area contributed by atoms with Crippen LogP contribution in [0.3, 0.4) is 0 Å². The molecule has 0 N–H and O–H groups in total. The second-order valence-corrected chi connectivity index (χ2v) is 9.66. The number of nitrogens with zero attached hydrogens (tertiary/aromatic N) is 3. The van der Waals surface area contributed by atoms with E-state index in [2.05, 4.69) is 54.6 Å². The Morgan fingerprint density at radius 1 is 0.436 bits per heavy atom. The zero-order valence-corrected chi connectivity index (χ0v) is 20.9. The Kier molecular flexibility index (Phi) is 4.79. The highest BCUT2D eigenvalue weighted by molar-refractivity contribution is 6.07. The fourth-order valence-corrected chi connectivity index (χ4v) is 5.42.